The first-order valence-electron chi connectivity index (χ1n) is 7.07. The highest BCUT2D eigenvalue weighted by Crippen LogP contribution is 2.16. The van der Waals surface area contributed by atoms with E-state index >= 15 is 0 Å². The lowest BCUT2D eigenvalue weighted by Gasteiger charge is -2.20. The predicted molar refractivity (Wildman–Crippen MR) is 74.1 cm³/mol. The zero-order chi connectivity index (χ0) is 12.8. The summed E-state index contributed by atoms with van der Waals surface area (Å²) in [6, 6.07) is 0.826. The molecule has 0 spiro atoms. The van der Waals surface area contributed by atoms with Gasteiger partial charge in [-0.05, 0) is 45.7 Å². The molecule has 0 N–H and O–H groups in total. The number of methoxy groups -OCH3 is 1. The van der Waals surface area contributed by atoms with Crippen LogP contribution >= 0.6 is 0 Å². The maximum absolute atomic E-state index is 5.01. The highest BCUT2D eigenvalue weighted by atomic mass is 16.5. The number of hydrogen-bond acceptors (Lipinski definition) is 2. The summed E-state index contributed by atoms with van der Waals surface area (Å²) in [5.74, 6) is 0. The summed E-state index contributed by atoms with van der Waals surface area (Å²) >= 11 is 0. The molecule has 0 radical (unpaired) electrons. The van der Waals surface area contributed by atoms with Crippen LogP contribution in [0.1, 0.15) is 60.3 Å². The first-order valence-corrected chi connectivity index (χ1v) is 7.07. The zero-order valence-corrected chi connectivity index (χ0v) is 12.4. The van der Waals surface area contributed by atoms with Crippen molar-refractivity contribution in [1.82, 2.24) is 4.90 Å². The molecule has 0 amide bonds. The summed E-state index contributed by atoms with van der Waals surface area (Å²) in [5, 5.41) is 0. The molecular weight excluding hydrogens is 198 g/mol. The third kappa shape index (κ3) is 9.17. The molecule has 0 unspecified atom stereocenters. The van der Waals surface area contributed by atoms with Gasteiger partial charge in [-0.15, -0.1) is 0 Å². The summed E-state index contributed by atoms with van der Waals surface area (Å²) in [6.45, 7) is 13.8. The second-order valence-electron chi connectivity index (χ2n) is 3.73. The van der Waals surface area contributed by atoms with Crippen LogP contribution in [0.2, 0.25) is 0 Å². The topological polar surface area (TPSA) is 12.5 Å². The van der Waals surface area contributed by atoms with Crippen molar-refractivity contribution in [2.24, 2.45) is 0 Å². The number of likely N-dealkylation sites (tertiary alicyclic amines) is 1. The minimum absolute atomic E-state index is 0.826. The van der Waals surface area contributed by atoms with E-state index in [-0.39, 0.29) is 0 Å². The molecule has 1 aliphatic heterocycles. The minimum atomic E-state index is 0.826. The van der Waals surface area contributed by atoms with Gasteiger partial charge < -0.3 is 9.64 Å². The summed E-state index contributed by atoms with van der Waals surface area (Å²) in [5.41, 5.74) is 0. The van der Waals surface area contributed by atoms with Crippen LogP contribution in [-0.2, 0) is 4.74 Å². The summed E-state index contributed by atoms with van der Waals surface area (Å²) in [7, 11) is 1.78. The number of hydrogen-bond donors (Lipinski definition) is 0. The van der Waals surface area contributed by atoms with Crippen LogP contribution in [0.4, 0.5) is 0 Å². The van der Waals surface area contributed by atoms with E-state index in [9.17, 15) is 0 Å². The minimum Gasteiger partial charge on any atom is -0.385 e. The Morgan fingerprint density at radius 2 is 1.75 bits per heavy atom. The lowest BCUT2D eigenvalue weighted by atomic mass is 10.2. The average molecular weight is 231 g/mol. The van der Waals surface area contributed by atoms with Gasteiger partial charge in [0, 0.05) is 19.8 Å². The van der Waals surface area contributed by atoms with Gasteiger partial charge >= 0.3 is 0 Å². The van der Waals surface area contributed by atoms with Crippen LogP contribution < -0.4 is 0 Å². The molecule has 0 aromatic carbocycles. The third-order valence-corrected chi connectivity index (χ3v) is 2.73. The van der Waals surface area contributed by atoms with Crippen LogP contribution in [0.15, 0.2) is 0 Å². The number of unbranched alkanes of at least 4 members (excludes halogenated alkanes) is 1. The van der Waals surface area contributed by atoms with Gasteiger partial charge in [-0.25, -0.2) is 0 Å². The largest absolute Gasteiger partial charge is 0.385 e. The average Bonchev–Trinajstić information content (AvgIpc) is 2.76. The van der Waals surface area contributed by atoms with Gasteiger partial charge in [0.2, 0.25) is 0 Å². The highest BCUT2D eigenvalue weighted by Gasteiger charge is 2.18. The Balaban J connectivity index is 0. The van der Waals surface area contributed by atoms with E-state index in [4.69, 9.17) is 4.74 Å². The quantitative estimate of drug-likeness (QED) is 0.664. The second-order valence-corrected chi connectivity index (χ2v) is 3.73. The third-order valence-electron chi connectivity index (χ3n) is 2.73. The smallest absolute Gasteiger partial charge is 0.0462 e. The lowest BCUT2D eigenvalue weighted by molar-refractivity contribution is 0.182. The van der Waals surface area contributed by atoms with E-state index in [1.165, 1.54) is 38.8 Å². The van der Waals surface area contributed by atoms with Crippen molar-refractivity contribution in [3.63, 3.8) is 0 Å². The maximum atomic E-state index is 5.01. The molecule has 16 heavy (non-hydrogen) atoms. The first-order chi connectivity index (χ1) is 7.84. The highest BCUT2D eigenvalue weighted by molar-refractivity contribution is 4.74. The van der Waals surface area contributed by atoms with Crippen molar-refractivity contribution >= 4 is 0 Å². The first kappa shape index (κ1) is 18.3. The van der Waals surface area contributed by atoms with Crippen molar-refractivity contribution < 1.29 is 4.74 Å². The monoisotopic (exact) mass is 231 g/mol. The Bertz CT molecular complexity index is 117. The molecule has 0 aromatic heterocycles. The number of ether oxygens (including phenoxy) is 1. The molecule has 2 heteroatoms. The normalized spacial score (nSPS) is 19.5. The van der Waals surface area contributed by atoms with Crippen molar-refractivity contribution in [1.29, 1.82) is 0 Å². The SMILES string of the molecule is CC.CC.COCCCCN1CCC[C@H]1C. The second kappa shape index (κ2) is 14.9. The van der Waals surface area contributed by atoms with E-state index in [1.807, 2.05) is 27.7 Å². The van der Waals surface area contributed by atoms with E-state index in [0.717, 1.165) is 12.6 Å². The lowest BCUT2D eigenvalue weighted by Crippen LogP contribution is -2.27. The van der Waals surface area contributed by atoms with Crippen LogP contribution in [0, 0.1) is 0 Å². The van der Waals surface area contributed by atoms with Crippen LogP contribution in [0.5, 0.6) is 0 Å². The van der Waals surface area contributed by atoms with Gasteiger partial charge in [0.15, 0.2) is 0 Å². The van der Waals surface area contributed by atoms with E-state index in [1.54, 1.807) is 7.11 Å². The van der Waals surface area contributed by atoms with Crippen LogP contribution in [0.3, 0.4) is 0 Å². The van der Waals surface area contributed by atoms with Crippen molar-refractivity contribution in [2.45, 2.75) is 66.3 Å². The molecule has 100 valence electrons. The van der Waals surface area contributed by atoms with Gasteiger partial charge in [-0.1, -0.05) is 27.7 Å². The molecule has 0 saturated carbocycles. The van der Waals surface area contributed by atoms with E-state index < -0.39 is 0 Å². The van der Waals surface area contributed by atoms with E-state index in [0.29, 0.717) is 0 Å². The Hall–Kier alpha value is -0.0800. The molecule has 1 atom stereocenters. The van der Waals surface area contributed by atoms with Gasteiger partial charge in [0.25, 0.3) is 0 Å². The van der Waals surface area contributed by atoms with Crippen molar-refractivity contribution in [2.75, 3.05) is 26.8 Å². The van der Waals surface area contributed by atoms with Gasteiger partial charge in [0.1, 0.15) is 0 Å². The van der Waals surface area contributed by atoms with E-state index in [2.05, 4.69) is 11.8 Å². The summed E-state index contributed by atoms with van der Waals surface area (Å²) < 4.78 is 5.01. The Kier molecular flexibility index (Phi) is 17.1. The molecule has 2 nitrogen and oxygen atoms in total. The molecular formula is C14H33NO. The molecule has 1 saturated heterocycles. The number of nitrogens with zero attached hydrogens (tertiary/aromatic N) is 1. The van der Waals surface area contributed by atoms with Crippen LogP contribution in [0.25, 0.3) is 0 Å². The summed E-state index contributed by atoms with van der Waals surface area (Å²) in [4.78, 5) is 2.59. The molecule has 1 rings (SSSR count). The number of rotatable bonds is 5. The molecule has 1 heterocycles. The van der Waals surface area contributed by atoms with Gasteiger partial charge in [-0.3, -0.25) is 0 Å². The molecule has 0 bridgehead atoms. The molecule has 1 aliphatic rings. The van der Waals surface area contributed by atoms with Crippen LogP contribution in [-0.4, -0.2) is 37.7 Å². The van der Waals surface area contributed by atoms with Crippen molar-refractivity contribution in [3.05, 3.63) is 0 Å². The van der Waals surface area contributed by atoms with Gasteiger partial charge in [-0.2, -0.15) is 0 Å². The Morgan fingerprint density at radius 3 is 2.19 bits per heavy atom. The molecule has 1 fully saturated rings. The molecule has 0 aliphatic carbocycles. The fourth-order valence-electron chi connectivity index (χ4n) is 1.89. The summed E-state index contributed by atoms with van der Waals surface area (Å²) in [6.07, 6.45) is 5.29. The zero-order valence-electron chi connectivity index (χ0n) is 12.4. The Labute approximate surface area is 103 Å². The van der Waals surface area contributed by atoms with Gasteiger partial charge in [0.05, 0.1) is 0 Å². The predicted octanol–water partition coefficient (Wildman–Crippen LogP) is 3.95. The fourth-order valence-corrected chi connectivity index (χ4v) is 1.89. The van der Waals surface area contributed by atoms with Crippen molar-refractivity contribution in [3.8, 4) is 0 Å². The Morgan fingerprint density at radius 1 is 1.12 bits per heavy atom. The molecule has 0 aromatic rings. The standard InChI is InChI=1S/C10H21NO.2C2H6/c1-10-6-5-8-11(10)7-3-4-9-12-2;2*1-2/h10H,3-9H2,1-2H3;2*1-2H3/t10-;;/m1../s1. The maximum Gasteiger partial charge on any atom is 0.0462 e. The fraction of sp³-hybridized carbons (Fsp3) is 1.00.